The molecular weight excluding hydrogens is 474 g/mol. The molecule has 2 aromatic carbocycles. The maximum Gasteiger partial charge on any atom is 0.271 e. The van der Waals surface area contributed by atoms with Crippen molar-refractivity contribution in [2.24, 2.45) is 0 Å². The first-order chi connectivity index (χ1) is 17.4. The van der Waals surface area contributed by atoms with Crippen LogP contribution in [-0.2, 0) is 0 Å². The first-order valence-electron chi connectivity index (χ1n) is 11.6. The van der Waals surface area contributed by atoms with E-state index in [2.05, 4.69) is 15.2 Å². The summed E-state index contributed by atoms with van der Waals surface area (Å²) in [4.78, 5) is 17.7. The van der Waals surface area contributed by atoms with Crippen molar-refractivity contribution in [2.45, 2.75) is 32.0 Å². The highest BCUT2D eigenvalue weighted by molar-refractivity contribution is 7.80. The molecule has 1 saturated heterocycles. The summed E-state index contributed by atoms with van der Waals surface area (Å²) in [6.45, 7) is 3.98. The quantitative estimate of drug-likeness (QED) is 0.197. The number of non-ortho nitro benzene ring substituents is 1. The van der Waals surface area contributed by atoms with Crippen molar-refractivity contribution in [1.82, 2.24) is 14.9 Å². The van der Waals surface area contributed by atoms with E-state index in [1.165, 1.54) is 6.07 Å². The number of hydrogen-bond acceptors (Lipinski definition) is 5. The van der Waals surface area contributed by atoms with Gasteiger partial charge in [0.2, 0.25) is 0 Å². The number of thiocarbonyl (C=S) groups is 1. The molecule has 0 radical (unpaired) electrons. The van der Waals surface area contributed by atoms with E-state index in [0.29, 0.717) is 10.8 Å². The molecule has 1 aliphatic rings. The van der Waals surface area contributed by atoms with Crippen LogP contribution in [0.4, 0.5) is 11.4 Å². The Morgan fingerprint density at radius 2 is 1.83 bits per heavy atom. The molecule has 1 fully saturated rings. The van der Waals surface area contributed by atoms with Crippen LogP contribution in [-0.4, -0.2) is 25.7 Å². The lowest BCUT2D eigenvalue weighted by atomic mass is 10.0. The second-order valence-corrected chi connectivity index (χ2v) is 9.12. The minimum Gasteiger partial charge on any atom is -0.491 e. The predicted octanol–water partition coefficient (Wildman–Crippen LogP) is 5.74. The Hall–Kier alpha value is -4.24. The van der Waals surface area contributed by atoms with Crippen LogP contribution in [0, 0.1) is 10.1 Å². The lowest BCUT2D eigenvalue weighted by Crippen LogP contribution is -2.30. The average molecular weight is 500 g/mol. The van der Waals surface area contributed by atoms with Gasteiger partial charge in [0.05, 0.1) is 28.5 Å². The van der Waals surface area contributed by atoms with Crippen LogP contribution in [0.15, 0.2) is 91.3 Å². The lowest BCUT2D eigenvalue weighted by molar-refractivity contribution is -0.384. The first kappa shape index (κ1) is 23.5. The number of anilines is 1. The third kappa shape index (κ3) is 4.52. The van der Waals surface area contributed by atoms with Crippen molar-refractivity contribution in [2.75, 3.05) is 4.90 Å². The minimum atomic E-state index is -0.386. The highest BCUT2D eigenvalue weighted by atomic mass is 32.1. The number of nitrogens with one attached hydrogen (secondary N) is 1. The third-order valence-electron chi connectivity index (χ3n) is 5.99. The summed E-state index contributed by atoms with van der Waals surface area (Å²) in [6.07, 6.45) is 3.74. The zero-order valence-electron chi connectivity index (χ0n) is 19.8. The molecule has 2 atom stereocenters. The van der Waals surface area contributed by atoms with Crippen LogP contribution in [0.2, 0.25) is 0 Å². The second kappa shape index (κ2) is 9.79. The number of nitro groups is 1. The third-order valence-corrected chi connectivity index (χ3v) is 6.30. The van der Waals surface area contributed by atoms with Gasteiger partial charge in [-0.1, -0.05) is 12.1 Å². The van der Waals surface area contributed by atoms with E-state index < -0.39 is 0 Å². The molecular formula is C27H25N5O3S. The molecule has 4 aromatic rings. The number of pyridine rings is 1. The van der Waals surface area contributed by atoms with Crippen LogP contribution in [0.25, 0.3) is 5.69 Å². The van der Waals surface area contributed by atoms with E-state index in [-0.39, 0.29) is 28.8 Å². The fourth-order valence-corrected chi connectivity index (χ4v) is 4.86. The molecule has 8 nitrogen and oxygen atoms in total. The molecule has 0 amide bonds. The Kier molecular flexibility index (Phi) is 6.39. The van der Waals surface area contributed by atoms with Gasteiger partial charge >= 0.3 is 0 Å². The molecule has 36 heavy (non-hydrogen) atoms. The SMILES string of the molecule is CC(C)Oc1ccc(N2C(=S)N[C@@H](c3ccccn3)[C@H]2c2cccn2-c2cccc([N+](=O)[O-])c2)cc1. The van der Waals surface area contributed by atoms with E-state index >= 15 is 0 Å². The van der Waals surface area contributed by atoms with Crippen LogP contribution in [0.1, 0.15) is 37.3 Å². The topological polar surface area (TPSA) is 85.5 Å². The molecule has 1 aliphatic heterocycles. The van der Waals surface area contributed by atoms with Crippen LogP contribution in [0.5, 0.6) is 5.75 Å². The van der Waals surface area contributed by atoms with Gasteiger partial charge in [0.15, 0.2) is 5.11 Å². The molecule has 0 bridgehead atoms. The molecule has 0 unspecified atom stereocenters. The maximum absolute atomic E-state index is 11.4. The summed E-state index contributed by atoms with van der Waals surface area (Å²) in [5.41, 5.74) is 3.40. The van der Waals surface area contributed by atoms with Gasteiger partial charge in [-0.3, -0.25) is 15.1 Å². The van der Waals surface area contributed by atoms with Gasteiger partial charge in [-0.25, -0.2) is 0 Å². The number of hydrogen-bond donors (Lipinski definition) is 1. The molecule has 0 spiro atoms. The van der Waals surface area contributed by atoms with Gasteiger partial charge < -0.3 is 19.5 Å². The standard InChI is InChI=1S/C27H25N5O3S/c1-18(2)35-22-13-11-19(12-14-22)31-26(25(29-27(31)36)23-9-3-4-15-28-23)24-10-6-16-30(24)20-7-5-8-21(17-20)32(33)34/h3-18,25-26H,1-2H3,(H,29,36)/t25-,26+/m0/s1. The van der Waals surface area contributed by atoms with E-state index in [9.17, 15) is 10.1 Å². The highest BCUT2D eigenvalue weighted by Crippen LogP contribution is 2.42. The van der Waals surface area contributed by atoms with E-state index in [1.54, 1.807) is 18.3 Å². The van der Waals surface area contributed by atoms with Crippen molar-refractivity contribution in [3.8, 4) is 11.4 Å². The van der Waals surface area contributed by atoms with Crippen molar-refractivity contribution in [3.05, 3.63) is 113 Å². The first-order valence-corrected chi connectivity index (χ1v) is 12.0. The summed E-state index contributed by atoms with van der Waals surface area (Å²) < 4.78 is 7.78. The largest absolute Gasteiger partial charge is 0.491 e. The molecule has 0 saturated carbocycles. The number of ether oxygens (including phenoxy) is 1. The summed E-state index contributed by atoms with van der Waals surface area (Å²) in [7, 11) is 0. The van der Waals surface area contributed by atoms with Crippen LogP contribution in [0.3, 0.4) is 0 Å². The maximum atomic E-state index is 11.4. The van der Waals surface area contributed by atoms with E-state index in [4.69, 9.17) is 17.0 Å². The van der Waals surface area contributed by atoms with E-state index in [0.717, 1.165) is 22.8 Å². The number of aromatic nitrogens is 2. The van der Waals surface area contributed by atoms with Gasteiger partial charge in [-0.2, -0.15) is 0 Å². The minimum absolute atomic E-state index is 0.0334. The number of nitrogens with zero attached hydrogens (tertiary/aromatic N) is 4. The lowest BCUT2D eigenvalue weighted by Gasteiger charge is -2.29. The molecule has 2 aromatic heterocycles. The molecule has 1 N–H and O–H groups in total. The van der Waals surface area contributed by atoms with Crippen molar-refractivity contribution in [3.63, 3.8) is 0 Å². The van der Waals surface area contributed by atoms with E-state index in [1.807, 2.05) is 85.3 Å². The molecule has 0 aliphatic carbocycles. The van der Waals surface area contributed by atoms with Gasteiger partial charge in [-0.05, 0) is 80.7 Å². The fraction of sp³-hybridized carbons (Fsp3) is 0.185. The van der Waals surface area contributed by atoms with Gasteiger partial charge in [0, 0.05) is 35.9 Å². The Labute approximate surface area is 214 Å². The summed E-state index contributed by atoms with van der Waals surface area (Å²) in [5.74, 6) is 0.782. The van der Waals surface area contributed by atoms with Gasteiger partial charge in [-0.15, -0.1) is 0 Å². The number of nitro benzene ring substituents is 1. The monoisotopic (exact) mass is 499 g/mol. The van der Waals surface area contributed by atoms with Crippen LogP contribution >= 0.6 is 12.2 Å². The molecule has 5 rings (SSSR count). The van der Waals surface area contributed by atoms with Crippen molar-refractivity contribution in [1.29, 1.82) is 0 Å². The fourth-order valence-electron chi connectivity index (χ4n) is 4.52. The Morgan fingerprint density at radius 1 is 1.03 bits per heavy atom. The molecule has 9 heteroatoms. The average Bonchev–Trinajstić information content (AvgIpc) is 3.49. The summed E-state index contributed by atoms with van der Waals surface area (Å²) in [6, 6.07) is 23.7. The molecule has 182 valence electrons. The number of benzene rings is 2. The second-order valence-electron chi connectivity index (χ2n) is 8.74. The number of rotatable bonds is 7. The zero-order valence-corrected chi connectivity index (χ0v) is 20.6. The summed E-state index contributed by atoms with van der Waals surface area (Å²) >= 11 is 5.83. The Morgan fingerprint density at radius 3 is 2.53 bits per heavy atom. The Bertz CT molecular complexity index is 1390. The molecule has 3 heterocycles. The zero-order chi connectivity index (χ0) is 25.2. The van der Waals surface area contributed by atoms with Crippen molar-refractivity contribution < 1.29 is 9.66 Å². The van der Waals surface area contributed by atoms with Crippen molar-refractivity contribution >= 4 is 28.7 Å². The normalized spacial score (nSPS) is 17.3. The smallest absolute Gasteiger partial charge is 0.271 e. The van der Waals surface area contributed by atoms with Gasteiger partial charge in [0.25, 0.3) is 5.69 Å². The van der Waals surface area contributed by atoms with Crippen LogP contribution < -0.4 is 15.0 Å². The summed E-state index contributed by atoms with van der Waals surface area (Å²) in [5, 5.41) is 15.4. The Balaban J connectivity index is 1.61. The van der Waals surface area contributed by atoms with Gasteiger partial charge in [0.1, 0.15) is 11.8 Å². The highest BCUT2D eigenvalue weighted by Gasteiger charge is 2.42. The predicted molar refractivity (Wildman–Crippen MR) is 143 cm³/mol.